The van der Waals surface area contributed by atoms with E-state index in [-0.39, 0.29) is 17.2 Å². The van der Waals surface area contributed by atoms with Gasteiger partial charge in [-0.25, -0.2) is 0 Å². The molecule has 0 bridgehead atoms. The number of nitrogens with one attached hydrogen (secondary N) is 1. The first-order valence-corrected chi connectivity index (χ1v) is 11.5. The van der Waals surface area contributed by atoms with Gasteiger partial charge in [0.25, 0.3) is 5.56 Å². The number of anilines is 1. The zero-order chi connectivity index (χ0) is 21.8. The van der Waals surface area contributed by atoms with E-state index >= 15 is 0 Å². The summed E-state index contributed by atoms with van der Waals surface area (Å²) < 4.78 is 3.54. The van der Waals surface area contributed by atoms with Crippen LogP contribution in [-0.2, 0) is 11.3 Å². The van der Waals surface area contributed by atoms with E-state index in [1.165, 1.54) is 11.8 Å². The monoisotopic (exact) mass is 455 g/mol. The molecule has 0 fully saturated rings. The molecule has 0 aliphatic carbocycles. The van der Waals surface area contributed by atoms with Crippen LogP contribution < -0.4 is 10.9 Å². The molecule has 2 aromatic carbocycles. The van der Waals surface area contributed by atoms with Gasteiger partial charge in [-0.05, 0) is 30.7 Å². The zero-order valence-corrected chi connectivity index (χ0v) is 18.6. The molecule has 2 aromatic heterocycles. The maximum absolute atomic E-state index is 13.0. The van der Waals surface area contributed by atoms with Crippen molar-refractivity contribution in [2.75, 3.05) is 11.1 Å². The molecule has 0 atom stereocenters. The highest BCUT2D eigenvalue weighted by Gasteiger charge is 2.17. The molecule has 160 valence electrons. The normalized spacial score (nSPS) is 11.3. The highest BCUT2D eigenvalue weighted by Crippen LogP contribution is 2.24. The largest absolute Gasteiger partial charge is 0.324 e. The molecule has 1 N–H and O–H groups in total. The molecule has 2 heterocycles. The number of fused-ring (bicyclic) bond motifs is 3. The van der Waals surface area contributed by atoms with Gasteiger partial charge in [-0.2, -0.15) is 0 Å². The van der Waals surface area contributed by atoms with Crippen molar-refractivity contribution < 1.29 is 4.79 Å². The van der Waals surface area contributed by atoms with E-state index < -0.39 is 0 Å². The standard InChI is InChI=1S/C22H22ClN5O2S/c1-2-3-8-13-27-20(30)15-9-4-7-12-18(15)28-21(27)25-26-22(28)31-14-19(29)24-17-11-6-5-10-16(17)23/h4-7,9-12H,2-3,8,13-14H2,1H3,(H,24,29). The molecule has 7 nitrogen and oxygen atoms in total. The first-order valence-electron chi connectivity index (χ1n) is 10.1. The van der Waals surface area contributed by atoms with E-state index in [0.717, 1.165) is 24.8 Å². The number of aryl methyl sites for hydroxylation is 1. The Hall–Kier alpha value is -2.84. The van der Waals surface area contributed by atoms with Gasteiger partial charge in [0.1, 0.15) is 0 Å². The van der Waals surface area contributed by atoms with Gasteiger partial charge in [0.2, 0.25) is 11.7 Å². The Balaban J connectivity index is 1.65. The molecule has 0 saturated carbocycles. The van der Waals surface area contributed by atoms with Crippen LogP contribution in [0.4, 0.5) is 5.69 Å². The average Bonchev–Trinajstić information content (AvgIpc) is 3.20. The predicted molar refractivity (Wildman–Crippen MR) is 125 cm³/mol. The number of amides is 1. The third-order valence-corrected chi connectivity index (χ3v) is 6.20. The van der Waals surface area contributed by atoms with E-state index in [4.69, 9.17) is 11.6 Å². The molecule has 0 radical (unpaired) electrons. The van der Waals surface area contributed by atoms with Gasteiger partial charge in [-0.3, -0.25) is 18.6 Å². The Kier molecular flexibility index (Phi) is 6.58. The molecule has 9 heteroatoms. The molecular formula is C22H22ClN5O2S. The number of hydrogen-bond acceptors (Lipinski definition) is 5. The van der Waals surface area contributed by atoms with Gasteiger partial charge in [0.05, 0.1) is 27.4 Å². The molecule has 0 aliphatic heterocycles. The minimum atomic E-state index is -0.199. The fourth-order valence-corrected chi connectivity index (χ4v) is 4.35. The number of nitrogens with zero attached hydrogens (tertiary/aromatic N) is 4. The van der Waals surface area contributed by atoms with Crippen LogP contribution >= 0.6 is 23.4 Å². The maximum Gasteiger partial charge on any atom is 0.262 e. The number of halogens is 1. The Bertz CT molecular complexity index is 1300. The van der Waals surface area contributed by atoms with Gasteiger partial charge >= 0.3 is 0 Å². The van der Waals surface area contributed by atoms with Gasteiger partial charge in [0, 0.05) is 6.54 Å². The molecule has 0 unspecified atom stereocenters. The van der Waals surface area contributed by atoms with Crippen LogP contribution in [-0.4, -0.2) is 30.8 Å². The summed E-state index contributed by atoms with van der Waals surface area (Å²) in [6.07, 6.45) is 2.98. The van der Waals surface area contributed by atoms with Crippen molar-refractivity contribution in [3.63, 3.8) is 0 Å². The number of hydrogen-bond donors (Lipinski definition) is 1. The smallest absolute Gasteiger partial charge is 0.262 e. The van der Waals surface area contributed by atoms with Crippen LogP contribution in [0.5, 0.6) is 0 Å². The third-order valence-electron chi connectivity index (χ3n) is 4.94. The summed E-state index contributed by atoms with van der Waals surface area (Å²) in [5.74, 6) is 0.430. The summed E-state index contributed by atoms with van der Waals surface area (Å²) >= 11 is 7.38. The Morgan fingerprint density at radius 2 is 1.87 bits per heavy atom. The summed E-state index contributed by atoms with van der Waals surface area (Å²) in [5, 5.41) is 13.0. The lowest BCUT2D eigenvalue weighted by Gasteiger charge is -2.11. The van der Waals surface area contributed by atoms with Crippen LogP contribution in [0.15, 0.2) is 58.5 Å². The zero-order valence-electron chi connectivity index (χ0n) is 17.0. The minimum absolute atomic E-state index is 0.0698. The third kappa shape index (κ3) is 4.45. The Morgan fingerprint density at radius 3 is 2.68 bits per heavy atom. The maximum atomic E-state index is 13.0. The second-order valence-corrected chi connectivity index (χ2v) is 8.47. The number of thioether (sulfide) groups is 1. The van der Waals surface area contributed by atoms with Crippen LogP contribution in [0.25, 0.3) is 16.7 Å². The fraction of sp³-hybridized carbons (Fsp3) is 0.273. The lowest BCUT2D eigenvalue weighted by atomic mass is 10.2. The van der Waals surface area contributed by atoms with E-state index in [1.54, 1.807) is 22.8 Å². The number of benzene rings is 2. The first kappa shape index (κ1) is 21.4. The summed E-state index contributed by atoms with van der Waals surface area (Å²) in [5.41, 5.74) is 1.23. The van der Waals surface area contributed by atoms with Crippen LogP contribution in [0.1, 0.15) is 26.2 Å². The van der Waals surface area contributed by atoms with Crippen molar-refractivity contribution in [1.82, 2.24) is 19.2 Å². The van der Waals surface area contributed by atoms with Crippen molar-refractivity contribution in [2.45, 2.75) is 37.9 Å². The fourth-order valence-electron chi connectivity index (χ4n) is 3.43. The minimum Gasteiger partial charge on any atom is -0.324 e. The van der Waals surface area contributed by atoms with Crippen molar-refractivity contribution in [3.8, 4) is 0 Å². The lowest BCUT2D eigenvalue weighted by molar-refractivity contribution is -0.113. The Labute approximate surface area is 188 Å². The van der Waals surface area contributed by atoms with Crippen LogP contribution in [0.2, 0.25) is 5.02 Å². The summed E-state index contributed by atoms with van der Waals surface area (Å²) in [7, 11) is 0. The molecule has 0 spiro atoms. The summed E-state index contributed by atoms with van der Waals surface area (Å²) in [6, 6.07) is 14.5. The van der Waals surface area contributed by atoms with E-state index in [0.29, 0.717) is 33.6 Å². The lowest BCUT2D eigenvalue weighted by Crippen LogP contribution is -2.23. The van der Waals surface area contributed by atoms with Gasteiger partial charge in [0.15, 0.2) is 5.16 Å². The van der Waals surface area contributed by atoms with Crippen LogP contribution in [0, 0.1) is 0 Å². The van der Waals surface area contributed by atoms with Gasteiger partial charge in [-0.15, -0.1) is 10.2 Å². The number of carbonyl (C=O) groups is 1. The molecule has 0 aliphatic rings. The van der Waals surface area contributed by atoms with E-state index in [2.05, 4.69) is 22.4 Å². The number of rotatable bonds is 8. The molecule has 4 aromatic rings. The molecular weight excluding hydrogens is 434 g/mol. The highest BCUT2D eigenvalue weighted by molar-refractivity contribution is 7.99. The molecule has 1 amide bonds. The predicted octanol–water partition coefficient (Wildman–Crippen LogP) is 4.62. The quantitative estimate of drug-likeness (QED) is 0.309. The van der Waals surface area contributed by atoms with Gasteiger partial charge in [-0.1, -0.05) is 67.4 Å². The SMILES string of the molecule is CCCCCn1c(=O)c2ccccc2n2c(SCC(=O)Nc3ccccc3Cl)nnc12. The summed E-state index contributed by atoms with van der Waals surface area (Å²) in [6.45, 7) is 2.70. The molecule has 0 saturated heterocycles. The number of para-hydroxylation sites is 2. The van der Waals surface area contributed by atoms with Crippen molar-refractivity contribution >= 4 is 51.6 Å². The molecule has 31 heavy (non-hydrogen) atoms. The first-order chi connectivity index (χ1) is 15.1. The average molecular weight is 456 g/mol. The van der Waals surface area contributed by atoms with E-state index in [1.807, 2.05) is 34.7 Å². The number of unbranched alkanes of at least 4 members (excludes halogenated alkanes) is 2. The van der Waals surface area contributed by atoms with E-state index in [9.17, 15) is 9.59 Å². The number of aromatic nitrogens is 4. The second kappa shape index (κ2) is 9.53. The Morgan fingerprint density at radius 1 is 1.10 bits per heavy atom. The topological polar surface area (TPSA) is 81.3 Å². The molecule has 4 rings (SSSR count). The number of carbonyl (C=O) groups excluding carboxylic acids is 1. The van der Waals surface area contributed by atoms with Gasteiger partial charge < -0.3 is 5.32 Å². The van der Waals surface area contributed by atoms with Crippen LogP contribution in [0.3, 0.4) is 0 Å². The van der Waals surface area contributed by atoms with Crippen molar-refractivity contribution in [1.29, 1.82) is 0 Å². The van der Waals surface area contributed by atoms with Crippen molar-refractivity contribution in [3.05, 3.63) is 63.9 Å². The second-order valence-electron chi connectivity index (χ2n) is 7.12. The highest BCUT2D eigenvalue weighted by atomic mass is 35.5. The summed E-state index contributed by atoms with van der Waals surface area (Å²) in [4.78, 5) is 25.5. The van der Waals surface area contributed by atoms with Crippen molar-refractivity contribution in [2.24, 2.45) is 0 Å².